The van der Waals surface area contributed by atoms with Crippen LogP contribution in [0.2, 0.25) is 0 Å². The molecule has 0 saturated heterocycles. The molecule has 6 nitrogen and oxygen atoms in total. The summed E-state index contributed by atoms with van der Waals surface area (Å²) in [5, 5.41) is 8.75. The molecule has 0 aromatic carbocycles. The standard InChI is InChI=1S/C10H12N2O4/c13-8-7(9(14)15)5-12(10(16)11-8)4-6-2-1-3-6/h5-6H,1-4H2,(H,14,15)(H,11,13,16). The molecule has 6 heteroatoms. The summed E-state index contributed by atoms with van der Waals surface area (Å²) < 4.78 is 1.27. The van der Waals surface area contributed by atoms with Gasteiger partial charge in [0.15, 0.2) is 0 Å². The van der Waals surface area contributed by atoms with Gasteiger partial charge in [0.25, 0.3) is 5.56 Å². The molecule has 1 aromatic rings. The predicted octanol–water partition coefficient (Wildman–Crippen LogP) is 0.0349. The van der Waals surface area contributed by atoms with Gasteiger partial charge in [-0.05, 0) is 18.8 Å². The molecule has 0 unspecified atom stereocenters. The van der Waals surface area contributed by atoms with E-state index in [2.05, 4.69) is 0 Å². The van der Waals surface area contributed by atoms with Gasteiger partial charge in [-0.3, -0.25) is 14.3 Å². The minimum atomic E-state index is -1.32. The highest BCUT2D eigenvalue weighted by atomic mass is 16.4. The SMILES string of the molecule is O=C(O)c1cn(CC2CCC2)c(=O)[nH]c1=O. The second kappa shape index (κ2) is 3.96. The fourth-order valence-electron chi connectivity index (χ4n) is 1.75. The van der Waals surface area contributed by atoms with Crippen LogP contribution in [0.25, 0.3) is 0 Å². The largest absolute Gasteiger partial charge is 0.477 e. The van der Waals surface area contributed by atoms with Gasteiger partial charge < -0.3 is 5.11 Å². The number of nitrogens with one attached hydrogen (secondary N) is 1. The van der Waals surface area contributed by atoms with Crippen LogP contribution >= 0.6 is 0 Å². The van der Waals surface area contributed by atoms with E-state index in [9.17, 15) is 14.4 Å². The van der Waals surface area contributed by atoms with Crippen molar-refractivity contribution in [3.8, 4) is 0 Å². The van der Waals surface area contributed by atoms with Gasteiger partial charge in [-0.15, -0.1) is 0 Å². The van der Waals surface area contributed by atoms with Crippen LogP contribution in [0, 0.1) is 5.92 Å². The monoisotopic (exact) mass is 224 g/mol. The van der Waals surface area contributed by atoms with Crippen molar-refractivity contribution in [1.29, 1.82) is 0 Å². The Morgan fingerprint density at radius 1 is 1.50 bits per heavy atom. The van der Waals surface area contributed by atoms with E-state index in [1.807, 2.05) is 4.98 Å². The van der Waals surface area contributed by atoms with Gasteiger partial charge in [0.2, 0.25) is 0 Å². The quantitative estimate of drug-likeness (QED) is 0.757. The molecule has 1 fully saturated rings. The summed E-state index contributed by atoms with van der Waals surface area (Å²) in [6.45, 7) is 0.482. The topological polar surface area (TPSA) is 92.2 Å². The minimum absolute atomic E-state index is 0.390. The van der Waals surface area contributed by atoms with Crippen LogP contribution < -0.4 is 11.2 Å². The van der Waals surface area contributed by atoms with Crippen LogP contribution in [0.5, 0.6) is 0 Å². The van der Waals surface area contributed by atoms with Crippen LogP contribution in [-0.4, -0.2) is 20.6 Å². The van der Waals surface area contributed by atoms with Gasteiger partial charge >= 0.3 is 11.7 Å². The van der Waals surface area contributed by atoms with E-state index in [4.69, 9.17) is 5.11 Å². The molecule has 0 aliphatic heterocycles. The van der Waals surface area contributed by atoms with Gasteiger partial charge in [-0.2, -0.15) is 0 Å². The third-order valence-electron chi connectivity index (χ3n) is 2.92. The zero-order valence-corrected chi connectivity index (χ0v) is 8.60. The van der Waals surface area contributed by atoms with Crippen molar-refractivity contribution in [2.45, 2.75) is 25.8 Å². The van der Waals surface area contributed by atoms with Crippen molar-refractivity contribution in [3.05, 3.63) is 32.6 Å². The molecule has 1 saturated carbocycles. The number of hydrogen-bond donors (Lipinski definition) is 2. The predicted molar refractivity (Wildman–Crippen MR) is 55.6 cm³/mol. The van der Waals surface area contributed by atoms with Crippen molar-refractivity contribution in [3.63, 3.8) is 0 Å². The third kappa shape index (κ3) is 1.91. The molecule has 1 aliphatic carbocycles. The lowest BCUT2D eigenvalue weighted by Gasteiger charge is -2.25. The van der Waals surface area contributed by atoms with E-state index in [-0.39, 0.29) is 5.56 Å². The number of carboxylic acid groups (broad SMARTS) is 1. The maximum absolute atomic E-state index is 11.4. The number of carbonyl (C=O) groups is 1. The normalized spacial score (nSPS) is 15.8. The van der Waals surface area contributed by atoms with Crippen molar-refractivity contribution < 1.29 is 9.90 Å². The van der Waals surface area contributed by atoms with Gasteiger partial charge in [0.05, 0.1) is 0 Å². The van der Waals surface area contributed by atoms with Gasteiger partial charge in [-0.25, -0.2) is 9.59 Å². The highest BCUT2D eigenvalue weighted by molar-refractivity contribution is 5.86. The van der Waals surface area contributed by atoms with E-state index in [0.717, 1.165) is 25.5 Å². The second-order valence-electron chi connectivity index (χ2n) is 4.06. The number of carboxylic acids is 1. The highest BCUT2D eigenvalue weighted by Gasteiger charge is 2.19. The van der Waals surface area contributed by atoms with Crippen molar-refractivity contribution >= 4 is 5.97 Å². The molecule has 2 N–H and O–H groups in total. The van der Waals surface area contributed by atoms with E-state index >= 15 is 0 Å². The van der Waals surface area contributed by atoms with Gasteiger partial charge in [-0.1, -0.05) is 6.42 Å². The minimum Gasteiger partial charge on any atom is -0.477 e. The Hall–Kier alpha value is -1.85. The molecule has 0 amide bonds. The smallest absolute Gasteiger partial charge is 0.342 e. The maximum Gasteiger partial charge on any atom is 0.342 e. The lowest BCUT2D eigenvalue weighted by atomic mass is 9.85. The summed E-state index contributed by atoms with van der Waals surface area (Å²) in [5.41, 5.74) is -1.77. The van der Waals surface area contributed by atoms with Crippen LogP contribution in [0.4, 0.5) is 0 Å². The maximum atomic E-state index is 11.4. The van der Waals surface area contributed by atoms with E-state index < -0.39 is 17.2 Å². The number of aromatic carboxylic acids is 1. The number of aromatic nitrogens is 2. The molecular weight excluding hydrogens is 212 g/mol. The molecule has 86 valence electrons. The van der Waals surface area contributed by atoms with Crippen LogP contribution in [0.15, 0.2) is 15.8 Å². The summed E-state index contributed by atoms with van der Waals surface area (Å²) >= 11 is 0. The molecular formula is C10H12N2O4. The van der Waals surface area contributed by atoms with Crippen LogP contribution in [-0.2, 0) is 6.54 Å². The Kier molecular flexibility index (Phi) is 2.64. The van der Waals surface area contributed by atoms with Crippen LogP contribution in [0.3, 0.4) is 0 Å². The van der Waals surface area contributed by atoms with Gasteiger partial charge in [0.1, 0.15) is 5.56 Å². The molecule has 1 aromatic heterocycles. The van der Waals surface area contributed by atoms with Crippen molar-refractivity contribution in [2.24, 2.45) is 5.92 Å². The Bertz CT molecular complexity index is 524. The first-order valence-electron chi connectivity index (χ1n) is 5.15. The van der Waals surface area contributed by atoms with E-state index in [1.165, 1.54) is 4.57 Å². The first kappa shape index (κ1) is 10.7. The average Bonchev–Trinajstić information content (AvgIpc) is 2.13. The zero-order chi connectivity index (χ0) is 11.7. The molecule has 1 heterocycles. The lowest BCUT2D eigenvalue weighted by molar-refractivity contribution is 0.0693. The molecule has 0 atom stereocenters. The Balaban J connectivity index is 2.36. The Morgan fingerprint density at radius 3 is 2.69 bits per heavy atom. The highest BCUT2D eigenvalue weighted by Crippen LogP contribution is 2.27. The first-order chi connectivity index (χ1) is 7.58. The summed E-state index contributed by atoms with van der Waals surface area (Å²) in [7, 11) is 0. The lowest BCUT2D eigenvalue weighted by Crippen LogP contribution is -2.35. The first-order valence-corrected chi connectivity index (χ1v) is 5.15. The van der Waals surface area contributed by atoms with Crippen molar-refractivity contribution in [2.75, 3.05) is 0 Å². The Labute approximate surface area is 90.5 Å². The number of rotatable bonds is 3. The third-order valence-corrected chi connectivity index (χ3v) is 2.92. The summed E-state index contributed by atoms with van der Waals surface area (Å²) in [6.07, 6.45) is 4.37. The average molecular weight is 224 g/mol. The molecule has 2 rings (SSSR count). The summed E-state index contributed by atoms with van der Waals surface area (Å²) in [6, 6.07) is 0. The van der Waals surface area contributed by atoms with E-state index in [1.54, 1.807) is 0 Å². The number of nitrogens with zero attached hydrogens (tertiary/aromatic N) is 1. The molecule has 0 radical (unpaired) electrons. The fraction of sp³-hybridized carbons (Fsp3) is 0.500. The van der Waals surface area contributed by atoms with Crippen molar-refractivity contribution in [1.82, 2.24) is 9.55 Å². The number of H-pyrrole nitrogens is 1. The fourth-order valence-corrected chi connectivity index (χ4v) is 1.75. The molecule has 16 heavy (non-hydrogen) atoms. The zero-order valence-electron chi connectivity index (χ0n) is 8.60. The van der Waals surface area contributed by atoms with E-state index in [0.29, 0.717) is 12.5 Å². The summed E-state index contributed by atoms with van der Waals surface area (Å²) in [4.78, 5) is 35.3. The molecule has 1 aliphatic rings. The van der Waals surface area contributed by atoms with Crippen LogP contribution in [0.1, 0.15) is 29.6 Å². The Morgan fingerprint density at radius 2 is 2.19 bits per heavy atom. The second-order valence-corrected chi connectivity index (χ2v) is 4.06. The molecule has 0 bridgehead atoms. The van der Waals surface area contributed by atoms with Gasteiger partial charge in [0, 0.05) is 12.7 Å². The summed E-state index contributed by atoms with van der Waals surface area (Å²) in [5.74, 6) is -0.895. The number of aromatic amines is 1. The molecule has 0 spiro atoms. The number of hydrogen-bond acceptors (Lipinski definition) is 3.